The van der Waals surface area contributed by atoms with Crippen molar-refractivity contribution in [3.05, 3.63) is 67.2 Å². The molecule has 148 valence electrons. The summed E-state index contributed by atoms with van der Waals surface area (Å²) in [6.45, 7) is 0.381. The van der Waals surface area contributed by atoms with Gasteiger partial charge in [-0.15, -0.1) is 0 Å². The van der Waals surface area contributed by atoms with Gasteiger partial charge in [-0.3, -0.25) is 4.99 Å². The highest BCUT2D eigenvalue weighted by atomic mass is 19.1. The van der Waals surface area contributed by atoms with E-state index in [0.29, 0.717) is 29.0 Å². The van der Waals surface area contributed by atoms with Crippen LogP contribution in [0.2, 0.25) is 0 Å². The first kappa shape index (κ1) is 17.9. The van der Waals surface area contributed by atoms with Crippen molar-refractivity contribution < 1.29 is 8.78 Å². The topological polar surface area (TPSA) is 95.0 Å². The smallest absolute Gasteiger partial charge is 0.181 e. The molecule has 30 heavy (non-hydrogen) atoms. The number of pyridine rings is 1. The number of fused-ring (bicyclic) bond motifs is 1. The molecule has 0 atom stereocenters. The molecule has 0 saturated carbocycles. The molecule has 0 saturated heterocycles. The molecule has 5 rings (SSSR count). The molecule has 0 radical (unpaired) electrons. The average molecular weight is 404 g/mol. The molecule has 8 nitrogen and oxygen atoms in total. The molecule has 4 heterocycles. The molecule has 1 aromatic carbocycles. The lowest BCUT2D eigenvalue weighted by atomic mass is 10.1. The van der Waals surface area contributed by atoms with Gasteiger partial charge in [0.15, 0.2) is 11.5 Å². The molecular formula is C20H14F2N8. The predicted octanol–water partition coefficient (Wildman–Crippen LogP) is 3.80. The quantitative estimate of drug-likeness (QED) is 0.537. The van der Waals surface area contributed by atoms with Crippen LogP contribution < -0.4 is 10.2 Å². The van der Waals surface area contributed by atoms with Crippen molar-refractivity contribution in [1.29, 1.82) is 0 Å². The molecule has 3 aromatic heterocycles. The van der Waals surface area contributed by atoms with E-state index in [-0.39, 0.29) is 17.2 Å². The first-order chi connectivity index (χ1) is 14.7. The average Bonchev–Trinajstić information content (AvgIpc) is 3.27. The maximum Gasteiger partial charge on any atom is 0.181 e. The molecular weight excluding hydrogens is 390 g/mol. The molecule has 1 aliphatic heterocycles. The van der Waals surface area contributed by atoms with Crippen LogP contribution in [0.25, 0.3) is 22.4 Å². The Kier molecular flexibility index (Phi) is 4.36. The van der Waals surface area contributed by atoms with Gasteiger partial charge in [-0.25, -0.2) is 28.7 Å². The van der Waals surface area contributed by atoms with Crippen LogP contribution in [-0.2, 0) is 0 Å². The molecule has 1 aliphatic rings. The number of benzene rings is 1. The number of H-pyrrole nitrogens is 1. The summed E-state index contributed by atoms with van der Waals surface area (Å²) in [7, 11) is 0. The third-order valence-corrected chi connectivity index (χ3v) is 4.63. The second-order valence-electron chi connectivity index (χ2n) is 6.39. The predicted molar refractivity (Wildman–Crippen MR) is 110 cm³/mol. The summed E-state index contributed by atoms with van der Waals surface area (Å²) in [5.41, 5.74) is 2.05. The van der Waals surface area contributed by atoms with Crippen LogP contribution in [-0.4, -0.2) is 37.7 Å². The number of anilines is 3. The number of aromatic amines is 1. The Labute approximate surface area is 169 Å². The summed E-state index contributed by atoms with van der Waals surface area (Å²) in [4.78, 5) is 25.4. The third-order valence-electron chi connectivity index (χ3n) is 4.63. The van der Waals surface area contributed by atoms with Crippen molar-refractivity contribution in [2.75, 3.05) is 16.8 Å². The van der Waals surface area contributed by atoms with Crippen LogP contribution in [0.3, 0.4) is 0 Å². The van der Waals surface area contributed by atoms with Gasteiger partial charge in [0.1, 0.15) is 34.9 Å². The van der Waals surface area contributed by atoms with Gasteiger partial charge in [-0.05, 0) is 24.3 Å². The second-order valence-corrected chi connectivity index (χ2v) is 6.39. The SMILES string of the molecule is Fc1ccc(N2C=CN=CC2)c(F)c1Nc1ncccc1-c1ncnc2nc[nH]c12. The van der Waals surface area contributed by atoms with Gasteiger partial charge in [0.25, 0.3) is 0 Å². The fourth-order valence-corrected chi connectivity index (χ4v) is 3.22. The first-order valence-corrected chi connectivity index (χ1v) is 9.02. The van der Waals surface area contributed by atoms with Crippen LogP contribution in [0.1, 0.15) is 0 Å². The van der Waals surface area contributed by atoms with E-state index in [9.17, 15) is 4.39 Å². The molecule has 2 N–H and O–H groups in total. The van der Waals surface area contributed by atoms with Crippen LogP contribution in [0.4, 0.5) is 26.0 Å². The summed E-state index contributed by atoms with van der Waals surface area (Å²) >= 11 is 0. The fourth-order valence-electron chi connectivity index (χ4n) is 3.22. The number of hydrogen-bond acceptors (Lipinski definition) is 7. The van der Waals surface area contributed by atoms with Gasteiger partial charge in [-0.1, -0.05) is 0 Å². The number of hydrogen-bond donors (Lipinski definition) is 2. The minimum absolute atomic E-state index is 0.219. The van der Waals surface area contributed by atoms with Crippen molar-refractivity contribution in [3.63, 3.8) is 0 Å². The Morgan fingerprint density at radius 3 is 2.87 bits per heavy atom. The standard InChI is InChI=1S/C20H14F2N8/c21-13-3-4-14(30-8-6-23-7-9-30)15(22)17(13)29-19-12(2-1-5-24-19)16-18-20(27-10-25-16)28-11-26-18/h1-8,10-11H,9H2,(H,24,29)(H,25,26,27,28). The minimum atomic E-state index is -0.739. The zero-order valence-electron chi connectivity index (χ0n) is 15.4. The highest BCUT2D eigenvalue weighted by Gasteiger charge is 2.20. The Balaban J connectivity index is 1.59. The third kappa shape index (κ3) is 3.04. The summed E-state index contributed by atoms with van der Waals surface area (Å²) in [6, 6.07) is 6.06. The molecule has 0 bridgehead atoms. The monoisotopic (exact) mass is 404 g/mol. The van der Waals surface area contributed by atoms with Crippen molar-refractivity contribution in [3.8, 4) is 11.3 Å². The number of aromatic nitrogens is 5. The van der Waals surface area contributed by atoms with Crippen molar-refractivity contribution in [2.24, 2.45) is 4.99 Å². The van der Waals surface area contributed by atoms with Gasteiger partial charge >= 0.3 is 0 Å². The van der Waals surface area contributed by atoms with Crippen LogP contribution in [0.5, 0.6) is 0 Å². The van der Waals surface area contributed by atoms with E-state index < -0.39 is 11.6 Å². The summed E-state index contributed by atoms with van der Waals surface area (Å²) in [5.74, 6) is -1.23. The zero-order chi connectivity index (χ0) is 20.5. The van der Waals surface area contributed by atoms with Crippen LogP contribution in [0, 0.1) is 11.6 Å². The number of aliphatic imine (C=N–C) groups is 1. The van der Waals surface area contributed by atoms with E-state index in [2.05, 4.69) is 35.2 Å². The van der Waals surface area contributed by atoms with Gasteiger partial charge < -0.3 is 15.2 Å². The molecule has 4 aromatic rings. The summed E-state index contributed by atoms with van der Waals surface area (Å²) < 4.78 is 29.8. The lowest BCUT2D eigenvalue weighted by Crippen LogP contribution is -2.22. The van der Waals surface area contributed by atoms with Gasteiger partial charge in [-0.2, -0.15) is 0 Å². The Morgan fingerprint density at radius 2 is 2.00 bits per heavy atom. The van der Waals surface area contributed by atoms with E-state index in [4.69, 9.17) is 0 Å². The Hall–Kier alpha value is -4.21. The number of nitrogens with one attached hydrogen (secondary N) is 2. The highest BCUT2D eigenvalue weighted by Crippen LogP contribution is 2.34. The summed E-state index contributed by atoms with van der Waals surface area (Å²) in [5, 5.41) is 2.80. The lowest BCUT2D eigenvalue weighted by Gasteiger charge is -2.22. The molecule has 0 fully saturated rings. The number of imidazole rings is 1. The van der Waals surface area contributed by atoms with Crippen molar-refractivity contribution >= 4 is 34.6 Å². The van der Waals surface area contributed by atoms with Crippen molar-refractivity contribution in [2.45, 2.75) is 0 Å². The first-order valence-electron chi connectivity index (χ1n) is 9.02. The van der Waals surface area contributed by atoms with E-state index in [1.54, 1.807) is 35.6 Å². The van der Waals surface area contributed by atoms with E-state index in [1.165, 1.54) is 31.0 Å². The van der Waals surface area contributed by atoms with E-state index in [0.717, 1.165) is 0 Å². The number of rotatable bonds is 4. The molecule has 0 amide bonds. The van der Waals surface area contributed by atoms with Gasteiger partial charge in [0, 0.05) is 30.4 Å². The van der Waals surface area contributed by atoms with Crippen molar-refractivity contribution in [1.82, 2.24) is 24.9 Å². The normalized spacial score (nSPS) is 13.2. The molecule has 0 aliphatic carbocycles. The number of halogens is 2. The van der Waals surface area contributed by atoms with E-state index >= 15 is 4.39 Å². The Bertz CT molecular complexity index is 1300. The molecule has 10 heteroatoms. The van der Waals surface area contributed by atoms with Crippen LogP contribution >= 0.6 is 0 Å². The maximum atomic E-state index is 15.2. The highest BCUT2D eigenvalue weighted by molar-refractivity contribution is 5.91. The maximum absolute atomic E-state index is 15.2. The lowest BCUT2D eigenvalue weighted by molar-refractivity contribution is 0.590. The Morgan fingerprint density at radius 1 is 1.07 bits per heavy atom. The molecule has 0 spiro atoms. The largest absolute Gasteiger partial charge is 0.341 e. The zero-order valence-corrected chi connectivity index (χ0v) is 15.4. The molecule has 0 unspecified atom stereocenters. The fraction of sp³-hybridized carbons (Fsp3) is 0.0500. The number of nitrogens with zero attached hydrogens (tertiary/aromatic N) is 6. The van der Waals surface area contributed by atoms with Crippen LogP contribution in [0.15, 0.2) is 60.5 Å². The van der Waals surface area contributed by atoms with Gasteiger partial charge in [0.2, 0.25) is 0 Å². The van der Waals surface area contributed by atoms with E-state index in [1.807, 2.05) is 0 Å². The minimum Gasteiger partial charge on any atom is -0.341 e. The van der Waals surface area contributed by atoms with Gasteiger partial charge in [0.05, 0.1) is 18.6 Å². The second kappa shape index (κ2) is 7.32. The summed E-state index contributed by atoms with van der Waals surface area (Å²) in [6.07, 6.45) is 9.22.